The lowest BCUT2D eigenvalue weighted by Crippen LogP contribution is -2.38. The first-order valence-corrected chi connectivity index (χ1v) is 5.78. The van der Waals surface area contributed by atoms with Gasteiger partial charge in [0.15, 0.2) is 0 Å². The zero-order valence-corrected chi connectivity index (χ0v) is 10.8. The van der Waals surface area contributed by atoms with E-state index in [0.717, 1.165) is 0 Å². The predicted molar refractivity (Wildman–Crippen MR) is 64.9 cm³/mol. The molecule has 6 heteroatoms. The molecule has 0 aliphatic rings. The molecule has 0 radical (unpaired) electrons. The molecule has 0 aromatic heterocycles. The Morgan fingerprint density at radius 1 is 1.47 bits per heavy atom. The highest BCUT2D eigenvalue weighted by molar-refractivity contribution is 9.10. The molecule has 0 heterocycles. The van der Waals surface area contributed by atoms with Crippen LogP contribution in [0.3, 0.4) is 0 Å². The summed E-state index contributed by atoms with van der Waals surface area (Å²) in [7, 11) is 0. The normalized spacial score (nSPS) is 10.1. The maximum atomic E-state index is 13.7. The third kappa shape index (κ3) is 3.26. The third-order valence-corrected chi connectivity index (χ3v) is 2.81. The summed E-state index contributed by atoms with van der Waals surface area (Å²) in [6, 6.07) is 4.42. The van der Waals surface area contributed by atoms with Crippen molar-refractivity contribution in [3.63, 3.8) is 0 Å². The molecule has 1 rings (SSSR count). The molecule has 2 N–H and O–H groups in total. The highest BCUT2D eigenvalue weighted by Crippen LogP contribution is 2.19. The Balaban J connectivity index is 3.02. The maximum absolute atomic E-state index is 13.7. The summed E-state index contributed by atoms with van der Waals surface area (Å²) in [5.41, 5.74) is 4.94. The van der Waals surface area contributed by atoms with Crippen LogP contribution in [0.4, 0.5) is 4.39 Å². The van der Waals surface area contributed by atoms with Crippen molar-refractivity contribution in [1.82, 2.24) is 4.90 Å². The largest absolute Gasteiger partial charge is 0.368 e. The lowest BCUT2D eigenvalue weighted by Gasteiger charge is -2.19. The van der Waals surface area contributed by atoms with Crippen LogP contribution >= 0.6 is 15.9 Å². The number of carbonyl (C=O) groups excluding carboxylic acids is 2. The third-order valence-electron chi connectivity index (χ3n) is 2.20. The summed E-state index contributed by atoms with van der Waals surface area (Å²) in [5, 5.41) is 0. The maximum Gasteiger partial charge on any atom is 0.257 e. The fraction of sp³-hybridized carbons (Fsp3) is 0.273. The van der Waals surface area contributed by atoms with Crippen LogP contribution < -0.4 is 5.73 Å². The lowest BCUT2D eigenvalue weighted by atomic mass is 10.2. The van der Waals surface area contributed by atoms with Crippen molar-refractivity contribution in [2.75, 3.05) is 13.1 Å². The van der Waals surface area contributed by atoms with Crippen LogP contribution in [-0.2, 0) is 4.79 Å². The number of benzene rings is 1. The second kappa shape index (κ2) is 5.77. The van der Waals surface area contributed by atoms with E-state index in [4.69, 9.17) is 5.73 Å². The van der Waals surface area contributed by atoms with Crippen molar-refractivity contribution >= 4 is 27.7 Å². The average Bonchev–Trinajstić information content (AvgIpc) is 2.28. The number of primary amides is 1. The first kappa shape index (κ1) is 13.6. The van der Waals surface area contributed by atoms with Gasteiger partial charge in [-0.1, -0.05) is 6.07 Å². The summed E-state index contributed by atoms with van der Waals surface area (Å²) in [5.74, 6) is -1.82. The van der Waals surface area contributed by atoms with Gasteiger partial charge in [0.05, 0.1) is 16.6 Å². The Bertz CT molecular complexity index is 451. The standard InChI is InChI=1S/C11H12BrFN2O2/c1-2-15(6-9(14)16)11(17)7-4-3-5-8(12)10(7)13/h3-5H,2,6H2,1H3,(H2,14,16). The molecule has 0 aliphatic carbocycles. The zero-order valence-electron chi connectivity index (χ0n) is 9.24. The minimum atomic E-state index is -0.638. The van der Waals surface area contributed by atoms with Gasteiger partial charge in [0, 0.05) is 6.54 Å². The first-order chi connectivity index (χ1) is 7.97. The van der Waals surface area contributed by atoms with Gasteiger partial charge in [-0.2, -0.15) is 0 Å². The topological polar surface area (TPSA) is 63.4 Å². The van der Waals surface area contributed by atoms with Crippen molar-refractivity contribution in [1.29, 1.82) is 0 Å². The first-order valence-electron chi connectivity index (χ1n) is 4.99. The Morgan fingerprint density at radius 3 is 2.65 bits per heavy atom. The van der Waals surface area contributed by atoms with Crippen molar-refractivity contribution in [2.45, 2.75) is 6.92 Å². The van der Waals surface area contributed by atoms with Crippen LogP contribution in [-0.4, -0.2) is 29.8 Å². The number of hydrogen-bond acceptors (Lipinski definition) is 2. The molecule has 0 saturated carbocycles. The monoisotopic (exact) mass is 302 g/mol. The molecule has 2 amide bonds. The number of hydrogen-bond donors (Lipinski definition) is 1. The number of nitrogens with two attached hydrogens (primary N) is 1. The minimum Gasteiger partial charge on any atom is -0.368 e. The Labute approximate surface area is 107 Å². The van der Waals surface area contributed by atoms with Crippen LogP contribution in [0.2, 0.25) is 0 Å². The number of amides is 2. The average molecular weight is 303 g/mol. The molecule has 1 aromatic carbocycles. The predicted octanol–water partition coefficient (Wildman–Crippen LogP) is 1.54. The van der Waals surface area contributed by atoms with E-state index in [1.54, 1.807) is 13.0 Å². The molecule has 0 atom stereocenters. The van der Waals surface area contributed by atoms with Gasteiger partial charge >= 0.3 is 0 Å². The van der Waals surface area contributed by atoms with E-state index < -0.39 is 17.6 Å². The fourth-order valence-electron chi connectivity index (χ4n) is 1.35. The van der Waals surface area contributed by atoms with Crippen LogP contribution in [0.25, 0.3) is 0 Å². The van der Waals surface area contributed by atoms with Crippen LogP contribution in [0.5, 0.6) is 0 Å². The summed E-state index contributed by atoms with van der Waals surface area (Å²) < 4.78 is 13.9. The van der Waals surface area contributed by atoms with Gasteiger partial charge < -0.3 is 10.6 Å². The molecule has 0 spiro atoms. The van der Waals surface area contributed by atoms with Gasteiger partial charge in [0.1, 0.15) is 5.82 Å². The van der Waals surface area contributed by atoms with Gasteiger partial charge in [-0.05, 0) is 35.0 Å². The van der Waals surface area contributed by atoms with Crippen LogP contribution in [0.15, 0.2) is 22.7 Å². The van der Waals surface area contributed by atoms with Crippen molar-refractivity contribution in [3.8, 4) is 0 Å². The number of nitrogens with zero attached hydrogens (tertiary/aromatic N) is 1. The van der Waals surface area contributed by atoms with E-state index >= 15 is 0 Å². The van der Waals surface area contributed by atoms with Crippen LogP contribution in [0.1, 0.15) is 17.3 Å². The quantitative estimate of drug-likeness (QED) is 0.917. The molecule has 4 nitrogen and oxygen atoms in total. The SMILES string of the molecule is CCN(CC(N)=O)C(=O)c1cccc(Br)c1F. The fourth-order valence-corrected chi connectivity index (χ4v) is 1.72. The van der Waals surface area contributed by atoms with E-state index in [1.165, 1.54) is 17.0 Å². The zero-order chi connectivity index (χ0) is 13.0. The Kier molecular flexibility index (Phi) is 4.62. The molecule has 0 aliphatic heterocycles. The van der Waals surface area contributed by atoms with Gasteiger partial charge in [-0.3, -0.25) is 9.59 Å². The van der Waals surface area contributed by atoms with Gasteiger partial charge in [-0.25, -0.2) is 4.39 Å². The molecule has 17 heavy (non-hydrogen) atoms. The second-order valence-electron chi connectivity index (χ2n) is 3.39. The molecular formula is C11H12BrFN2O2. The lowest BCUT2D eigenvalue weighted by molar-refractivity contribution is -0.118. The van der Waals surface area contributed by atoms with Crippen molar-refractivity contribution in [2.24, 2.45) is 5.73 Å². The Morgan fingerprint density at radius 2 is 2.12 bits per heavy atom. The van der Waals surface area contributed by atoms with Gasteiger partial charge in [-0.15, -0.1) is 0 Å². The highest BCUT2D eigenvalue weighted by Gasteiger charge is 2.20. The smallest absolute Gasteiger partial charge is 0.257 e. The summed E-state index contributed by atoms with van der Waals surface area (Å²) in [4.78, 5) is 23.9. The molecular weight excluding hydrogens is 291 g/mol. The van der Waals surface area contributed by atoms with E-state index in [9.17, 15) is 14.0 Å². The number of likely N-dealkylation sites (N-methyl/N-ethyl adjacent to an activating group) is 1. The summed E-state index contributed by atoms with van der Waals surface area (Å²) >= 11 is 3.00. The van der Waals surface area contributed by atoms with E-state index in [1.807, 2.05) is 0 Å². The number of rotatable bonds is 4. The number of halogens is 2. The van der Waals surface area contributed by atoms with E-state index in [-0.39, 0.29) is 23.1 Å². The molecule has 0 saturated heterocycles. The molecule has 92 valence electrons. The minimum absolute atomic E-state index is 0.0810. The summed E-state index contributed by atoms with van der Waals surface area (Å²) in [6.45, 7) is 1.76. The van der Waals surface area contributed by atoms with Crippen molar-refractivity contribution in [3.05, 3.63) is 34.1 Å². The second-order valence-corrected chi connectivity index (χ2v) is 4.24. The van der Waals surface area contributed by atoms with E-state index in [0.29, 0.717) is 0 Å². The van der Waals surface area contributed by atoms with Crippen molar-refractivity contribution < 1.29 is 14.0 Å². The summed E-state index contributed by atoms with van der Waals surface area (Å²) in [6.07, 6.45) is 0. The molecule has 0 unspecified atom stereocenters. The Hall–Kier alpha value is -1.43. The molecule has 1 aromatic rings. The molecule has 0 fully saturated rings. The van der Waals surface area contributed by atoms with Gasteiger partial charge in [0.25, 0.3) is 5.91 Å². The van der Waals surface area contributed by atoms with E-state index in [2.05, 4.69) is 15.9 Å². The van der Waals surface area contributed by atoms with Crippen LogP contribution in [0, 0.1) is 5.82 Å². The van der Waals surface area contributed by atoms with Gasteiger partial charge in [0.2, 0.25) is 5.91 Å². The molecule has 0 bridgehead atoms. The number of carbonyl (C=O) groups is 2. The highest BCUT2D eigenvalue weighted by atomic mass is 79.9.